The van der Waals surface area contributed by atoms with E-state index in [2.05, 4.69) is 46.8 Å². The third-order valence-corrected chi connectivity index (χ3v) is 3.75. The third kappa shape index (κ3) is 4.87. The molecule has 0 bridgehead atoms. The largest absolute Gasteiger partial charge is 0.493 e. The summed E-state index contributed by atoms with van der Waals surface area (Å²) in [4.78, 5) is 0. The molecule has 19 heavy (non-hydrogen) atoms. The Kier molecular flexibility index (Phi) is 6.36. The molecule has 2 nitrogen and oxygen atoms in total. The Labute approximate surface area is 118 Å². The third-order valence-electron chi connectivity index (χ3n) is 3.75. The summed E-state index contributed by atoms with van der Waals surface area (Å²) in [6, 6.07) is 4.69. The summed E-state index contributed by atoms with van der Waals surface area (Å²) in [6.45, 7) is 11.6. The summed E-state index contributed by atoms with van der Waals surface area (Å²) in [5.41, 5.74) is 9.80. The molecular formula is C17H29NO. The van der Waals surface area contributed by atoms with Crippen LogP contribution in [0.2, 0.25) is 0 Å². The molecule has 0 aliphatic rings. The monoisotopic (exact) mass is 263 g/mol. The van der Waals surface area contributed by atoms with Crippen molar-refractivity contribution in [2.24, 2.45) is 11.7 Å². The molecule has 2 unspecified atom stereocenters. The van der Waals surface area contributed by atoms with Crippen LogP contribution in [-0.4, -0.2) is 12.6 Å². The summed E-state index contributed by atoms with van der Waals surface area (Å²) in [5, 5.41) is 0. The van der Waals surface area contributed by atoms with Crippen molar-refractivity contribution in [3.63, 3.8) is 0 Å². The Balaban J connectivity index is 2.79. The first kappa shape index (κ1) is 16.0. The van der Waals surface area contributed by atoms with E-state index < -0.39 is 0 Å². The fourth-order valence-electron chi connectivity index (χ4n) is 2.18. The number of ether oxygens (including phenoxy) is 1. The van der Waals surface area contributed by atoms with Crippen molar-refractivity contribution >= 4 is 0 Å². The van der Waals surface area contributed by atoms with Gasteiger partial charge in [0.1, 0.15) is 5.75 Å². The minimum absolute atomic E-state index is 0.255. The van der Waals surface area contributed by atoms with Crippen LogP contribution in [0.1, 0.15) is 50.3 Å². The van der Waals surface area contributed by atoms with Crippen LogP contribution >= 0.6 is 0 Å². The normalized spacial score (nSPS) is 14.2. The smallest absolute Gasteiger partial charge is 0.125 e. The second-order valence-electron chi connectivity index (χ2n) is 5.76. The number of hydrogen-bond donors (Lipinski definition) is 1. The van der Waals surface area contributed by atoms with Gasteiger partial charge in [0.05, 0.1) is 6.61 Å². The number of hydrogen-bond acceptors (Lipinski definition) is 2. The predicted octanol–water partition coefficient (Wildman–Crippen LogP) is 4.01. The van der Waals surface area contributed by atoms with Crippen molar-refractivity contribution < 1.29 is 4.74 Å². The summed E-state index contributed by atoms with van der Waals surface area (Å²) in [6.07, 6.45) is 3.12. The molecule has 0 aliphatic carbocycles. The molecule has 0 fully saturated rings. The van der Waals surface area contributed by atoms with Gasteiger partial charge in [-0.15, -0.1) is 0 Å². The van der Waals surface area contributed by atoms with E-state index in [0.29, 0.717) is 5.92 Å². The number of aryl methyl sites for hydroxylation is 2. The zero-order valence-corrected chi connectivity index (χ0v) is 13.1. The van der Waals surface area contributed by atoms with Crippen molar-refractivity contribution in [3.05, 3.63) is 28.8 Å². The van der Waals surface area contributed by atoms with Crippen LogP contribution in [0.4, 0.5) is 0 Å². The van der Waals surface area contributed by atoms with Gasteiger partial charge in [0.15, 0.2) is 0 Å². The Morgan fingerprint density at radius 2 is 1.68 bits per heavy atom. The molecular weight excluding hydrogens is 234 g/mol. The molecule has 1 rings (SSSR count). The highest BCUT2D eigenvalue weighted by Gasteiger charge is 2.10. The van der Waals surface area contributed by atoms with Crippen molar-refractivity contribution in [2.75, 3.05) is 6.61 Å². The van der Waals surface area contributed by atoms with E-state index in [1.54, 1.807) is 0 Å². The molecule has 0 radical (unpaired) electrons. The molecule has 0 saturated heterocycles. The molecule has 1 aromatic carbocycles. The van der Waals surface area contributed by atoms with Gasteiger partial charge in [0.25, 0.3) is 0 Å². The minimum atomic E-state index is 0.255. The van der Waals surface area contributed by atoms with Crippen LogP contribution in [0.3, 0.4) is 0 Å². The first-order valence-electron chi connectivity index (χ1n) is 7.46. The van der Waals surface area contributed by atoms with Crippen molar-refractivity contribution in [3.8, 4) is 5.75 Å². The molecule has 0 amide bonds. The van der Waals surface area contributed by atoms with Gasteiger partial charge < -0.3 is 10.5 Å². The SMILES string of the molecule is CCC(C)COc1c(C)cc(CC(N)CC)cc1C. The molecule has 0 saturated carbocycles. The summed E-state index contributed by atoms with van der Waals surface area (Å²) in [5.74, 6) is 1.65. The maximum absolute atomic E-state index is 6.03. The van der Waals surface area contributed by atoms with Gasteiger partial charge in [0, 0.05) is 6.04 Å². The lowest BCUT2D eigenvalue weighted by Crippen LogP contribution is -2.21. The Bertz CT molecular complexity index is 377. The first-order valence-corrected chi connectivity index (χ1v) is 7.46. The zero-order chi connectivity index (χ0) is 14.4. The lowest BCUT2D eigenvalue weighted by molar-refractivity contribution is 0.253. The number of rotatable bonds is 7. The van der Waals surface area contributed by atoms with E-state index in [-0.39, 0.29) is 6.04 Å². The quantitative estimate of drug-likeness (QED) is 0.806. The topological polar surface area (TPSA) is 35.2 Å². The Hall–Kier alpha value is -1.02. The van der Waals surface area contributed by atoms with Gasteiger partial charge in [-0.05, 0) is 49.3 Å². The van der Waals surface area contributed by atoms with E-state index in [1.165, 1.54) is 16.7 Å². The zero-order valence-electron chi connectivity index (χ0n) is 13.1. The van der Waals surface area contributed by atoms with Gasteiger partial charge in [-0.25, -0.2) is 0 Å². The standard InChI is InChI=1S/C17H29NO/c1-6-12(3)11-19-17-13(4)8-15(9-14(17)5)10-16(18)7-2/h8-9,12,16H,6-7,10-11,18H2,1-5H3. The van der Waals surface area contributed by atoms with Gasteiger partial charge in [-0.2, -0.15) is 0 Å². The molecule has 2 atom stereocenters. The Morgan fingerprint density at radius 1 is 1.11 bits per heavy atom. The minimum Gasteiger partial charge on any atom is -0.493 e. The fraction of sp³-hybridized carbons (Fsp3) is 0.647. The number of benzene rings is 1. The molecule has 2 N–H and O–H groups in total. The van der Waals surface area contributed by atoms with Crippen LogP contribution in [0, 0.1) is 19.8 Å². The van der Waals surface area contributed by atoms with E-state index in [9.17, 15) is 0 Å². The average Bonchev–Trinajstić information content (AvgIpc) is 2.37. The van der Waals surface area contributed by atoms with Gasteiger partial charge in [0.2, 0.25) is 0 Å². The van der Waals surface area contributed by atoms with Gasteiger partial charge in [-0.3, -0.25) is 0 Å². The molecule has 1 aromatic rings. The van der Waals surface area contributed by atoms with Crippen LogP contribution in [0.25, 0.3) is 0 Å². The van der Waals surface area contributed by atoms with Crippen LogP contribution < -0.4 is 10.5 Å². The highest BCUT2D eigenvalue weighted by atomic mass is 16.5. The van der Waals surface area contributed by atoms with Crippen LogP contribution in [0.15, 0.2) is 12.1 Å². The van der Waals surface area contributed by atoms with E-state index in [4.69, 9.17) is 10.5 Å². The van der Waals surface area contributed by atoms with E-state index in [0.717, 1.165) is 31.6 Å². The average molecular weight is 263 g/mol. The van der Waals surface area contributed by atoms with Crippen molar-refractivity contribution in [1.82, 2.24) is 0 Å². The molecule has 0 aromatic heterocycles. The highest BCUT2D eigenvalue weighted by molar-refractivity contribution is 5.43. The fourth-order valence-corrected chi connectivity index (χ4v) is 2.18. The predicted molar refractivity (Wildman–Crippen MR) is 82.8 cm³/mol. The van der Waals surface area contributed by atoms with Crippen LogP contribution in [0.5, 0.6) is 5.75 Å². The summed E-state index contributed by atoms with van der Waals surface area (Å²) >= 11 is 0. The summed E-state index contributed by atoms with van der Waals surface area (Å²) in [7, 11) is 0. The lowest BCUT2D eigenvalue weighted by Gasteiger charge is -2.17. The van der Waals surface area contributed by atoms with Crippen molar-refractivity contribution in [2.45, 2.75) is 59.9 Å². The highest BCUT2D eigenvalue weighted by Crippen LogP contribution is 2.26. The Morgan fingerprint density at radius 3 is 2.16 bits per heavy atom. The molecule has 0 heterocycles. The first-order chi connectivity index (χ1) is 8.97. The molecule has 108 valence electrons. The van der Waals surface area contributed by atoms with Crippen LogP contribution in [-0.2, 0) is 6.42 Å². The maximum Gasteiger partial charge on any atom is 0.125 e. The van der Waals surface area contributed by atoms with Gasteiger partial charge in [-0.1, -0.05) is 39.3 Å². The molecule has 0 spiro atoms. The van der Waals surface area contributed by atoms with E-state index >= 15 is 0 Å². The van der Waals surface area contributed by atoms with Crippen molar-refractivity contribution in [1.29, 1.82) is 0 Å². The summed E-state index contributed by atoms with van der Waals surface area (Å²) < 4.78 is 5.98. The van der Waals surface area contributed by atoms with E-state index in [1.807, 2.05) is 0 Å². The molecule has 0 aliphatic heterocycles. The number of nitrogens with two attached hydrogens (primary N) is 1. The molecule has 2 heteroatoms. The maximum atomic E-state index is 6.03. The second-order valence-corrected chi connectivity index (χ2v) is 5.76. The second kappa shape index (κ2) is 7.54. The lowest BCUT2D eigenvalue weighted by atomic mass is 9.99. The van der Waals surface area contributed by atoms with Gasteiger partial charge >= 0.3 is 0 Å².